The first-order valence-electron chi connectivity index (χ1n) is 13.4. The van der Waals surface area contributed by atoms with Crippen LogP contribution >= 0.6 is 0 Å². The first-order valence-corrected chi connectivity index (χ1v) is 13.4. The fourth-order valence-electron chi connectivity index (χ4n) is 4.70. The number of hydrogen-bond donors (Lipinski definition) is 1. The Bertz CT molecular complexity index is 1590. The topological polar surface area (TPSA) is 81.3 Å². The summed E-state index contributed by atoms with van der Waals surface area (Å²) in [6, 6.07) is 35.5. The van der Waals surface area contributed by atoms with E-state index in [0.29, 0.717) is 30.6 Å². The van der Waals surface area contributed by atoms with Crippen molar-refractivity contribution >= 4 is 5.97 Å². The summed E-state index contributed by atoms with van der Waals surface area (Å²) in [6.45, 7) is 1.90. The number of aromatic amines is 1. The molecule has 2 heterocycles. The maximum Gasteiger partial charge on any atom is 0.355 e. The minimum Gasteiger partial charge on any atom is -0.329 e. The lowest BCUT2D eigenvalue weighted by Crippen LogP contribution is -2.16. The van der Waals surface area contributed by atoms with E-state index in [1.54, 1.807) is 18.3 Å². The van der Waals surface area contributed by atoms with Crippen LogP contribution in [0.3, 0.4) is 0 Å². The second-order valence-corrected chi connectivity index (χ2v) is 9.55. The predicted octanol–water partition coefficient (Wildman–Crippen LogP) is 6.85. The average Bonchev–Trinajstić information content (AvgIpc) is 2.99. The number of benzene rings is 3. The van der Waals surface area contributed by atoms with E-state index in [0.717, 1.165) is 33.6 Å². The summed E-state index contributed by atoms with van der Waals surface area (Å²) in [6.07, 6.45) is 3.15. The van der Waals surface area contributed by atoms with Crippen molar-refractivity contribution in [3.63, 3.8) is 0 Å². The van der Waals surface area contributed by atoms with Gasteiger partial charge >= 0.3 is 5.97 Å². The lowest BCUT2D eigenvalue weighted by atomic mass is 9.85. The van der Waals surface area contributed by atoms with Crippen molar-refractivity contribution in [1.82, 2.24) is 9.97 Å². The Morgan fingerprint density at radius 2 is 1.52 bits per heavy atom. The zero-order valence-electron chi connectivity index (χ0n) is 22.2. The fourth-order valence-corrected chi connectivity index (χ4v) is 4.70. The highest BCUT2D eigenvalue weighted by molar-refractivity contribution is 5.68. The van der Waals surface area contributed by atoms with Crippen molar-refractivity contribution < 1.29 is 14.6 Å². The second kappa shape index (κ2) is 12.7. The van der Waals surface area contributed by atoms with Crippen molar-refractivity contribution in [3.05, 3.63) is 154 Å². The Balaban J connectivity index is 1.41. The summed E-state index contributed by atoms with van der Waals surface area (Å²) in [7, 11) is 0. The number of nitrogens with one attached hydrogen (secondary N) is 1. The van der Waals surface area contributed by atoms with Crippen molar-refractivity contribution in [2.75, 3.05) is 0 Å². The van der Waals surface area contributed by atoms with Crippen LogP contribution in [-0.2, 0) is 16.1 Å². The van der Waals surface area contributed by atoms with Crippen LogP contribution in [0.4, 0.5) is 0 Å². The van der Waals surface area contributed by atoms with Gasteiger partial charge in [-0.3, -0.25) is 19.6 Å². The third-order valence-corrected chi connectivity index (χ3v) is 6.59. The van der Waals surface area contributed by atoms with Gasteiger partial charge in [0.25, 0.3) is 5.56 Å². The normalized spacial score (nSPS) is 10.8. The third-order valence-electron chi connectivity index (χ3n) is 6.59. The molecule has 0 bridgehead atoms. The molecule has 0 saturated heterocycles. The standard InChI is InChI=1S/C34H30N2O4/c1-2-11-32(37)40-39-30-18-9-16-26(22-30)31-19-10-17-29(36-31)21-27-20-28(23-35-34(27)38)33(24-12-5-3-6-13-24)25-14-7-4-8-15-25/h3-10,12-20,22-23,33H,2,11,21H2,1H3,(H,35,38). The number of carbonyl (C=O) groups excluding carboxylic acids is 1. The summed E-state index contributed by atoms with van der Waals surface area (Å²) in [5, 5.41) is 0. The van der Waals surface area contributed by atoms with E-state index < -0.39 is 5.97 Å². The van der Waals surface area contributed by atoms with Crippen LogP contribution in [0.2, 0.25) is 0 Å². The summed E-state index contributed by atoms with van der Waals surface area (Å²) >= 11 is 0. The molecule has 0 aliphatic rings. The monoisotopic (exact) mass is 530 g/mol. The van der Waals surface area contributed by atoms with E-state index in [-0.39, 0.29) is 11.5 Å². The second-order valence-electron chi connectivity index (χ2n) is 9.55. The van der Waals surface area contributed by atoms with Crippen LogP contribution in [0.1, 0.15) is 53.6 Å². The van der Waals surface area contributed by atoms with Crippen LogP contribution in [0, 0.1) is 0 Å². The molecule has 0 aliphatic carbocycles. The smallest absolute Gasteiger partial charge is 0.329 e. The Hall–Kier alpha value is -4.97. The number of pyridine rings is 2. The Morgan fingerprint density at radius 1 is 0.825 bits per heavy atom. The van der Waals surface area contributed by atoms with Crippen LogP contribution in [0.5, 0.6) is 5.75 Å². The molecule has 6 nitrogen and oxygen atoms in total. The molecule has 2 aromatic heterocycles. The molecule has 0 fully saturated rings. The van der Waals surface area contributed by atoms with Gasteiger partial charge in [-0.25, -0.2) is 4.79 Å². The van der Waals surface area contributed by atoms with Gasteiger partial charge in [0.05, 0.1) is 5.69 Å². The number of nitrogens with zero attached hydrogens (tertiary/aromatic N) is 1. The molecule has 40 heavy (non-hydrogen) atoms. The molecule has 0 atom stereocenters. The van der Waals surface area contributed by atoms with Gasteiger partial charge in [-0.1, -0.05) is 85.8 Å². The molecule has 5 rings (SSSR count). The van der Waals surface area contributed by atoms with Crippen molar-refractivity contribution in [2.45, 2.75) is 32.1 Å². The maximum absolute atomic E-state index is 12.9. The minimum atomic E-state index is -0.415. The maximum atomic E-state index is 12.9. The highest BCUT2D eigenvalue weighted by Gasteiger charge is 2.18. The Kier molecular flexibility index (Phi) is 8.47. The molecule has 5 aromatic rings. The third kappa shape index (κ3) is 6.53. The molecular formula is C34H30N2O4. The predicted molar refractivity (Wildman–Crippen MR) is 155 cm³/mol. The molecule has 0 unspecified atom stereocenters. The minimum absolute atomic E-state index is 0.0218. The Labute approximate surface area is 233 Å². The van der Waals surface area contributed by atoms with Crippen molar-refractivity contribution in [3.8, 4) is 17.0 Å². The molecule has 200 valence electrons. The van der Waals surface area contributed by atoms with E-state index >= 15 is 0 Å². The molecule has 0 amide bonds. The quantitative estimate of drug-likeness (QED) is 0.158. The van der Waals surface area contributed by atoms with E-state index in [9.17, 15) is 9.59 Å². The number of rotatable bonds is 10. The SMILES string of the molecule is CCCC(=O)OOc1cccc(-c2cccc(Cc3cc(C(c4ccccc4)c4ccccc4)c[nH]c3=O)n2)c1. The van der Waals surface area contributed by atoms with Crippen molar-refractivity contribution in [2.24, 2.45) is 0 Å². The molecule has 0 aliphatic heterocycles. The van der Waals surface area contributed by atoms with E-state index in [1.807, 2.05) is 79.7 Å². The van der Waals surface area contributed by atoms with E-state index in [2.05, 4.69) is 29.2 Å². The number of aromatic nitrogens is 2. The lowest BCUT2D eigenvalue weighted by Gasteiger charge is -2.19. The molecule has 0 spiro atoms. The van der Waals surface area contributed by atoms with Gasteiger partial charge in [0, 0.05) is 41.8 Å². The van der Waals surface area contributed by atoms with Crippen LogP contribution in [-0.4, -0.2) is 15.9 Å². The number of carbonyl (C=O) groups is 1. The highest BCUT2D eigenvalue weighted by Crippen LogP contribution is 2.31. The highest BCUT2D eigenvalue weighted by atomic mass is 17.2. The largest absolute Gasteiger partial charge is 0.355 e. The van der Waals surface area contributed by atoms with Gasteiger partial charge in [0.2, 0.25) is 0 Å². The zero-order chi connectivity index (χ0) is 27.7. The summed E-state index contributed by atoms with van der Waals surface area (Å²) in [5.41, 5.74) is 6.09. The number of hydrogen-bond acceptors (Lipinski definition) is 5. The summed E-state index contributed by atoms with van der Waals surface area (Å²) in [4.78, 5) is 42.4. The molecule has 0 saturated carbocycles. The van der Waals surface area contributed by atoms with Gasteiger partial charge in [0.15, 0.2) is 5.75 Å². The zero-order valence-corrected chi connectivity index (χ0v) is 22.2. The fraction of sp³-hybridized carbons (Fsp3) is 0.147. The molecular weight excluding hydrogens is 500 g/mol. The summed E-state index contributed by atoms with van der Waals surface area (Å²) in [5.74, 6) is -0.0279. The van der Waals surface area contributed by atoms with Crippen molar-refractivity contribution in [1.29, 1.82) is 0 Å². The molecule has 1 N–H and O–H groups in total. The van der Waals surface area contributed by atoms with Gasteiger partial charge in [-0.15, -0.1) is 0 Å². The Morgan fingerprint density at radius 3 is 2.23 bits per heavy atom. The number of H-pyrrole nitrogens is 1. The molecule has 6 heteroatoms. The molecule has 3 aromatic carbocycles. The first kappa shape index (κ1) is 26.6. The summed E-state index contributed by atoms with van der Waals surface area (Å²) < 4.78 is 0. The van der Waals surface area contributed by atoms with Gasteiger partial charge in [-0.05, 0) is 53.4 Å². The first-order chi connectivity index (χ1) is 19.6. The van der Waals surface area contributed by atoms with Gasteiger partial charge < -0.3 is 4.98 Å². The average molecular weight is 531 g/mol. The van der Waals surface area contributed by atoms with Gasteiger partial charge in [-0.2, -0.15) is 0 Å². The van der Waals surface area contributed by atoms with E-state index in [1.165, 1.54) is 0 Å². The van der Waals surface area contributed by atoms with Crippen LogP contribution in [0.15, 0.2) is 120 Å². The molecule has 0 radical (unpaired) electrons. The van der Waals surface area contributed by atoms with E-state index in [4.69, 9.17) is 14.8 Å². The van der Waals surface area contributed by atoms with Gasteiger partial charge in [0.1, 0.15) is 0 Å². The lowest BCUT2D eigenvalue weighted by molar-refractivity contribution is -0.213. The van der Waals surface area contributed by atoms with Crippen LogP contribution in [0.25, 0.3) is 11.3 Å². The van der Waals surface area contributed by atoms with Crippen LogP contribution < -0.4 is 10.4 Å².